The number of halogens is 1. The van der Waals surface area contributed by atoms with E-state index in [4.69, 9.17) is 0 Å². The van der Waals surface area contributed by atoms with Crippen molar-refractivity contribution < 1.29 is 9.59 Å². The first kappa shape index (κ1) is 20.2. The molecule has 0 aliphatic carbocycles. The average molecular weight is 346 g/mol. The van der Waals surface area contributed by atoms with Crippen LogP contribution in [0.3, 0.4) is 0 Å². The molecule has 2 aliphatic rings. The predicted octanol–water partition coefficient (Wildman–Crippen LogP) is 2.05. The SMILES string of the molecule is CCCC(=O)N1CCCCC1C(=O)N1CCCC(CNC)C1.Cl. The van der Waals surface area contributed by atoms with Crippen molar-refractivity contribution in [2.75, 3.05) is 33.2 Å². The van der Waals surface area contributed by atoms with Gasteiger partial charge < -0.3 is 15.1 Å². The Balaban J connectivity index is 0.00000264. The van der Waals surface area contributed by atoms with Gasteiger partial charge in [-0.1, -0.05) is 6.92 Å². The van der Waals surface area contributed by atoms with Crippen molar-refractivity contribution in [2.24, 2.45) is 5.92 Å². The van der Waals surface area contributed by atoms with Gasteiger partial charge in [0.05, 0.1) is 0 Å². The number of nitrogens with one attached hydrogen (secondary N) is 1. The Kier molecular flexibility index (Phi) is 8.92. The molecule has 2 saturated heterocycles. The summed E-state index contributed by atoms with van der Waals surface area (Å²) in [4.78, 5) is 29.1. The van der Waals surface area contributed by atoms with Gasteiger partial charge in [0.25, 0.3) is 0 Å². The highest BCUT2D eigenvalue weighted by atomic mass is 35.5. The zero-order valence-corrected chi connectivity index (χ0v) is 15.4. The van der Waals surface area contributed by atoms with Gasteiger partial charge in [-0.25, -0.2) is 0 Å². The van der Waals surface area contributed by atoms with E-state index in [-0.39, 0.29) is 30.3 Å². The number of piperidine rings is 2. The van der Waals surface area contributed by atoms with Gasteiger partial charge in [0.1, 0.15) is 6.04 Å². The number of likely N-dealkylation sites (tertiary alicyclic amines) is 2. The second-order valence-corrected chi connectivity index (χ2v) is 6.70. The molecule has 2 rings (SSSR count). The standard InChI is InChI=1S/C17H31N3O2.ClH/c1-3-7-16(21)20-11-5-4-9-15(20)17(22)19-10-6-8-14(13-19)12-18-2;/h14-15,18H,3-13H2,1-2H3;1H. The van der Waals surface area contributed by atoms with E-state index < -0.39 is 0 Å². The lowest BCUT2D eigenvalue weighted by atomic mass is 9.95. The Hall–Kier alpha value is -0.810. The van der Waals surface area contributed by atoms with E-state index in [1.165, 1.54) is 6.42 Å². The summed E-state index contributed by atoms with van der Waals surface area (Å²) >= 11 is 0. The minimum Gasteiger partial charge on any atom is -0.341 e. The van der Waals surface area contributed by atoms with Gasteiger partial charge >= 0.3 is 0 Å². The van der Waals surface area contributed by atoms with Crippen LogP contribution in [0.2, 0.25) is 0 Å². The molecule has 2 aliphatic heterocycles. The molecule has 0 aromatic carbocycles. The van der Waals surface area contributed by atoms with Crippen molar-refractivity contribution in [3.05, 3.63) is 0 Å². The van der Waals surface area contributed by atoms with Crippen LogP contribution in [0.4, 0.5) is 0 Å². The van der Waals surface area contributed by atoms with Crippen molar-refractivity contribution in [2.45, 2.75) is 57.9 Å². The zero-order valence-electron chi connectivity index (χ0n) is 14.6. The first-order valence-corrected chi connectivity index (χ1v) is 8.90. The molecule has 0 spiro atoms. The molecule has 1 N–H and O–H groups in total. The first-order chi connectivity index (χ1) is 10.7. The molecule has 0 aromatic rings. The van der Waals surface area contributed by atoms with Crippen LogP contribution in [0.5, 0.6) is 0 Å². The summed E-state index contributed by atoms with van der Waals surface area (Å²) in [7, 11) is 1.97. The van der Waals surface area contributed by atoms with Crippen LogP contribution in [0.1, 0.15) is 51.9 Å². The fourth-order valence-electron chi connectivity index (χ4n) is 3.78. The topological polar surface area (TPSA) is 52.7 Å². The molecule has 6 heteroatoms. The second-order valence-electron chi connectivity index (χ2n) is 6.70. The third-order valence-electron chi connectivity index (χ3n) is 4.90. The summed E-state index contributed by atoms with van der Waals surface area (Å²) in [5.41, 5.74) is 0. The highest BCUT2D eigenvalue weighted by Crippen LogP contribution is 2.23. The Morgan fingerprint density at radius 3 is 2.61 bits per heavy atom. The molecular weight excluding hydrogens is 314 g/mol. The maximum Gasteiger partial charge on any atom is 0.245 e. The molecular formula is C17H32ClN3O2. The summed E-state index contributed by atoms with van der Waals surface area (Å²) in [6, 6.07) is -0.207. The second kappa shape index (κ2) is 10.1. The van der Waals surface area contributed by atoms with E-state index in [2.05, 4.69) is 5.32 Å². The van der Waals surface area contributed by atoms with Crippen molar-refractivity contribution >= 4 is 24.2 Å². The molecule has 2 fully saturated rings. The molecule has 2 amide bonds. The summed E-state index contributed by atoms with van der Waals surface area (Å²) in [5.74, 6) is 0.889. The summed E-state index contributed by atoms with van der Waals surface area (Å²) in [6.07, 6.45) is 6.60. The minimum atomic E-state index is -0.207. The van der Waals surface area contributed by atoms with Crippen LogP contribution >= 0.6 is 12.4 Å². The third kappa shape index (κ3) is 5.35. The number of hydrogen-bond acceptors (Lipinski definition) is 3. The van der Waals surface area contributed by atoms with Gasteiger partial charge in [0.2, 0.25) is 11.8 Å². The van der Waals surface area contributed by atoms with Crippen LogP contribution in [0.25, 0.3) is 0 Å². The monoisotopic (exact) mass is 345 g/mol. The molecule has 0 saturated carbocycles. The van der Waals surface area contributed by atoms with Crippen LogP contribution in [0.15, 0.2) is 0 Å². The van der Waals surface area contributed by atoms with Crippen LogP contribution in [-0.4, -0.2) is 60.9 Å². The van der Waals surface area contributed by atoms with Crippen LogP contribution in [0, 0.1) is 5.92 Å². The molecule has 134 valence electrons. The number of nitrogens with zero attached hydrogens (tertiary/aromatic N) is 2. The fourth-order valence-corrected chi connectivity index (χ4v) is 3.78. The van der Waals surface area contributed by atoms with E-state index in [1.807, 2.05) is 23.8 Å². The lowest BCUT2D eigenvalue weighted by molar-refractivity contribution is -0.148. The highest BCUT2D eigenvalue weighted by molar-refractivity contribution is 5.88. The Labute approximate surface area is 146 Å². The normalized spacial score (nSPS) is 25.0. The number of carbonyl (C=O) groups excluding carboxylic acids is 2. The van der Waals surface area contributed by atoms with Crippen molar-refractivity contribution in [1.82, 2.24) is 15.1 Å². The van der Waals surface area contributed by atoms with E-state index in [1.54, 1.807) is 0 Å². The lowest BCUT2D eigenvalue weighted by Gasteiger charge is -2.40. The quantitative estimate of drug-likeness (QED) is 0.829. The number of amides is 2. The predicted molar refractivity (Wildman–Crippen MR) is 94.7 cm³/mol. The molecule has 2 unspecified atom stereocenters. The molecule has 0 aromatic heterocycles. The van der Waals surface area contributed by atoms with E-state index in [0.717, 1.165) is 58.3 Å². The molecule has 5 nitrogen and oxygen atoms in total. The fraction of sp³-hybridized carbons (Fsp3) is 0.882. The first-order valence-electron chi connectivity index (χ1n) is 8.90. The highest BCUT2D eigenvalue weighted by Gasteiger charge is 2.35. The largest absolute Gasteiger partial charge is 0.341 e. The summed E-state index contributed by atoms with van der Waals surface area (Å²) in [5, 5.41) is 3.22. The van der Waals surface area contributed by atoms with Gasteiger partial charge in [-0.3, -0.25) is 9.59 Å². The molecule has 2 heterocycles. The van der Waals surface area contributed by atoms with Crippen molar-refractivity contribution in [3.63, 3.8) is 0 Å². The number of rotatable bonds is 5. The van der Waals surface area contributed by atoms with E-state index in [0.29, 0.717) is 12.3 Å². The maximum atomic E-state index is 12.9. The molecule has 23 heavy (non-hydrogen) atoms. The van der Waals surface area contributed by atoms with Gasteiger partial charge in [-0.05, 0) is 58.0 Å². The van der Waals surface area contributed by atoms with Crippen molar-refractivity contribution in [1.29, 1.82) is 0 Å². The van der Waals surface area contributed by atoms with Crippen LogP contribution in [-0.2, 0) is 9.59 Å². The third-order valence-corrected chi connectivity index (χ3v) is 4.90. The Morgan fingerprint density at radius 2 is 1.91 bits per heavy atom. The lowest BCUT2D eigenvalue weighted by Crippen LogP contribution is -2.55. The van der Waals surface area contributed by atoms with Gasteiger partial charge in [-0.15, -0.1) is 12.4 Å². The number of carbonyl (C=O) groups is 2. The molecule has 2 atom stereocenters. The summed E-state index contributed by atoms with van der Waals surface area (Å²) < 4.78 is 0. The smallest absolute Gasteiger partial charge is 0.245 e. The van der Waals surface area contributed by atoms with Crippen molar-refractivity contribution in [3.8, 4) is 0 Å². The van der Waals surface area contributed by atoms with Crippen LogP contribution < -0.4 is 5.32 Å². The van der Waals surface area contributed by atoms with E-state index >= 15 is 0 Å². The Bertz CT molecular complexity index is 390. The molecule has 0 bridgehead atoms. The van der Waals surface area contributed by atoms with Gasteiger partial charge in [-0.2, -0.15) is 0 Å². The van der Waals surface area contributed by atoms with E-state index in [9.17, 15) is 9.59 Å². The molecule has 0 radical (unpaired) electrons. The average Bonchev–Trinajstić information content (AvgIpc) is 2.55. The van der Waals surface area contributed by atoms with Gasteiger partial charge in [0.15, 0.2) is 0 Å². The zero-order chi connectivity index (χ0) is 15.9. The summed E-state index contributed by atoms with van der Waals surface area (Å²) in [6.45, 7) is 5.43. The number of hydrogen-bond donors (Lipinski definition) is 1. The van der Waals surface area contributed by atoms with Gasteiger partial charge in [0, 0.05) is 26.1 Å². The minimum absolute atomic E-state index is 0. The maximum absolute atomic E-state index is 12.9. The Morgan fingerprint density at radius 1 is 1.13 bits per heavy atom.